The van der Waals surface area contributed by atoms with Crippen LogP contribution in [0, 0.1) is 30.6 Å². The lowest BCUT2D eigenvalue weighted by atomic mass is 9.81. The van der Waals surface area contributed by atoms with Gasteiger partial charge >= 0.3 is 5.97 Å². The molecule has 3 fully saturated rings. The van der Waals surface area contributed by atoms with Crippen LogP contribution in [0.2, 0.25) is 5.02 Å². The minimum Gasteiger partial charge on any atom is -0.456 e. The second kappa shape index (κ2) is 7.78. The summed E-state index contributed by atoms with van der Waals surface area (Å²) in [5.74, 6) is -1.14. The van der Waals surface area contributed by atoms with Crippen LogP contribution in [-0.4, -0.2) is 41.7 Å². The van der Waals surface area contributed by atoms with Crippen molar-refractivity contribution < 1.29 is 23.9 Å². The van der Waals surface area contributed by atoms with Crippen molar-refractivity contribution in [2.45, 2.75) is 32.6 Å². The van der Waals surface area contributed by atoms with Crippen LogP contribution >= 0.6 is 11.6 Å². The summed E-state index contributed by atoms with van der Waals surface area (Å²) in [6.07, 6.45) is 2.89. The van der Waals surface area contributed by atoms with E-state index in [0.717, 1.165) is 24.8 Å². The standard InChI is InChI=1S/C21H23ClN2O5/c1-11-2-5-14(22)9-15(11)23-16(25)10-29-17(26)6-7-24-20(27)18-12-3-4-13(8-12)19(18)21(24)28/h2,5,9,12-13,18-19H,3-4,6-8,10H2,1H3,(H,23,25)/t12-,13-,18+,19+/m0/s1. The van der Waals surface area contributed by atoms with E-state index in [9.17, 15) is 19.2 Å². The Morgan fingerprint density at radius 1 is 1.17 bits per heavy atom. The number of hydrogen-bond acceptors (Lipinski definition) is 5. The van der Waals surface area contributed by atoms with E-state index in [-0.39, 0.29) is 36.6 Å². The number of carbonyl (C=O) groups is 4. The second-order valence-corrected chi connectivity index (χ2v) is 8.57. The number of likely N-dealkylation sites (tertiary alicyclic amines) is 1. The van der Waals surface area contributed by atoms with Gasteiger partial charge in [0.25, 0.3) is 5.91 Å². The molecule has 7 nitrogen and oxygen atoms in total. The summed E-state index contributed by atoms with van der Waals surface area (Å²) >= 11 is 5.92. The third kappa shape index (κ3) is 3.75. The van der Waals surface area contributed by atoms with E-state index in [2.05, 4.69) is 5.32 Å². The highest BCUT2D eigenvalue weighted by atomic mass is 35.5. The van der Waals surface area contributed by atoms with Crippen molar-refractivity contribution in [1.29, 1.82) is 0 Å². The Morgan fingerprint density at radius 3 is 2.48 bits per heavy atom. The predicted octanol–water partition coefficient (Wildman–Crippen LogP) is 2.55. The maximum atomic E-state index is 12.6. The molecule has 2 saturated carbocycles. The van der Waals surface area contributed by atoms with E-state index in [0.29, 0.717) is 22.5 Å². The Kier molecular flexibility index (Phi) is 5.34. The molecule has 1 heterocycles. The van der Waals surface area contributed by atoms with Crippen molar-refractivity contribution in [2.24, 2.45) is 23.7 Å². The number of halogens is 1. The van der Waals surface area contributed by atoms with Crippen molar-refractivity contribution in [3.8, 4) is 0 Å². The summed E-state index contributed by atoms with van der Waals surface area (Å²) in [5, 5.41) is 3.13. The summed E-state index contributed by atoms with van der Waals surface area (Å²) in [6, 6.07) is 5.11. The molecular formula is C21H23ClN2O5. The number of aryl methyl sites for hydroxylation is 1. The van der Waals surface area contributed by atoms with Crippen molar-refractivity contribution in [3.63, 3.8) is 0 Å². The summed E-state index contributed by atoms with van der Waals surface area (Å²) in [7, 11) is 0. The van der Waals surface area contributed by atoms with Gasteiger partial charge in [-0.2, -0.15) is 0 Å². The Bertz CT molecular complexity index is 858. The SMILES string of the molecule is Cc1ccc(Cl)cc1NC(=O)COC(=O)CCN1C(=O)[C@@H]2[C@H]3CC[C@@H](C3)[C@H]2C1=O. The third-order valence-corrected chi connectivity index (χ3v) is 6.63. The van der Waals surface area contributed by atoms with Gasteiger partial charge in [0.05, 0.1) is 18.3 Å². The second-order valence-electron chi connectivity index (χ2n) is 8.13. The first-order valence-corrected chi connectivity index (χ1v) is 10.3. The molecule has 3 amide bonds. The number of anilines is 1. The molecule has 2 bridgehead atoms. The Morgan fingerprint density at radius 2 is 1.83 bits per heavy atom. The molecule has 29 heavy (non-hydrogen) atoms. The molecule has 1 aromatic carbocycles. The highest BCUT2D eigenvalue weighted by Gasteiger charge is 2.60. The molecule has 1 aliphatic heterocycles. The monoisotopic (exact) mass is 418 g/mol. The number of amides is 3. The van der Waals surface area contributed by atoms with E-state index < -0.39 is 18.5 Å². The van der Waals surface area contributed by atoms with Crippen LogP contribution in [-0.2, 0) is 23.9 Å². The quantitative estimate of drug-likeness (QED) is 0.566. The zero-order valence-corrected chi connectivity index (χ0v) is 16.9. The van der Waals surface area contributed by atoms with Crippen molar-refractivity contribution in [2.75, 3.05) is 18.5 Å². The average Bonchev–Trinajstić information content (AvgIpc) is 3.36. The van der Waals surface area contributed by atoms with Gasteiger partial charge < -0.3 is 10.1 Å². The molecule has 0 unspecified atom stereocenters. The lowest BCUT2D eigenvalue weighted by molar-refractivity contribution is -0.149. The zero-order valence-electron chi connectivity index (χ0n) is 16.2. The van der Waals surface area contributed by atoms with E-state index in [4.69, 9.17) is 16.3 Å². The number of rotatable bonds is 6. The minimum atomic E-state index is -0.622. The maximum absolute atomic E-state index is 12.6. The normalized spacial score (nSPS) is 27.3. The van der Waals surface area contributed by atoms with Crippen LogP contribution in [0.25, 0.3) is 0 Å². The van der Waals surface area contributed by atoms with Gasteiger partial charge in [-0.1, -0.05) is 17.7 Å². The zero-order chi connectivity index (χ0) is 20.7. The number of imide groups is 1. The largest absolute Gasteiger partial charge is 0.456 e. The molecule has 4 rings (SSSR count). The van der Waals surface area contributed by atoms with Gasteiger partial charge in [-0.25, -0.2) is 0 Å². The molecule has 0 spiro atoms. The molecule has 1 saturated heterocycles. The molecule has 0 radical (unpaired) electrons. The summed E-state index contributed by atoms with van der Waals surface area (Å²) < 4.78 is 4.99. The molecular weight excluding hydrogens is 396 g/mol. The number of carbonyl (C=O) groups excluding carboxylic acids is 4. The molecule has 154 valence electrons. The van der Waals surface area contributed by atoms with Crippen LogP contribution in [0.5, 0.6) is 0 Å². The Balaban J connectivity index is 1.24. The van der Waals surface area contributed by atoms with E-state index in [1.807, 2.05) is 6.92 Å². The average molecular weight is 419 g/mol. The number of benzene rings is 1. The molecule has 8 heteroatoms. The van der Waals surface area contributed by atoms with E-state index in [1.165, 1.54) is 4.90 Å². The van der Waals surface area contributed by atoms with Crippen LogP contribution in [0.15, 0.2) is 18.2 Å². The van der Waals surface area contributed by atoms with E-state index in [1.54, 1.807) is 18.2 Å². The van der Waals surface area contributed by atoms with Crippen LogP contribution in [0.3, 0.4) is 0 Å². The summed E-state index contributed by atoms with van der Waals surface area (Å²) in [5.41, 5.74) is 1.38. The highest BCUT2D eigenvalue weighted by molar-refractivity contribution is 6.31. The van der Waals surface area contributed by atoms with Crippen LogP contribution in [0.1, 0.15) is 31.2 Å². The van der Waals surface area contributed by atoms with Crippen molar-refractivity contribution >= 4 is 41.0 Å². The van der Waals surface area contributed by atoms with Gasteiger partial charge in [0, 0.05) is 17.3 Å². The molecule has 1 N–H and O–H groups in total. The first-order chi connectivity index (χ1) is 13.8. The van der Waals surface area contributed by atoms with Crippen molar-refractivity contribution in [1.82, 2.24) is 4.90 Å². The first-order valence-electron chi connectivity index (χ1n) is 9.92. The van der Waals surface area contributed by atoms with Gasteiger partial charge in [0.2, 0.25) is 11.8 Å². The van der Waals surface area contributed by atoms with E-state index >= 15 is 0 Å². The maximum Gasteiger partial charge on any atom is 0.308 e. The lowest BCUT2D eigenvalue weighted by Gasteiger charge is -2.19. The number of ether oxygens (including phenoxy) is 1. The van der Waals surface area contributed by atoms with Gasteiger partial charge in [-0.05, 0) is 55.7 Å². The number of nitrogens with zero attached hydrogens (tertiary/aromatic N) is 1. The molecule has 3 aliphatic rings. The van der Waals surface area contributed by atoms with Gasteiger partial charge in [-0.15, -0.1) is 0 Å². The predicted molar refractivity (Wildman–Crippen MR) is 105 cm³/mol. The number of hydrogen-bond donors (Lipinski definition) is 1. The van der Waals surface area contributed by atoms with Crippen molar-refractivity contribution in [3.05, 3.63) is 28.8 Å². The fourth-order valence-corrected chi connectivity index (χ4v) is 5.20. The Labute approximate surface area is 173 Å². The number of fused-ring (bicyclic) bond motifs is 5. The third-order valence-electron chi connectivity index (χ3n) is 6.40. The molecule has 1 aromatic rings. The number of nitrogens with one attached hydrogen (secondary N) is 1. The fourth-order valence-electron chi connectivity index (χ4n) is 5.03. The van der Waals surface area contributed by atoms with Gasteiger partial charge in [-0.3, -0.25) is 24.1 Å². The van der Waals surface area contributed by atoms with Gasteiger partial charge in [0.15, 0.2) is 6.61 Å². The fraction of sp³-hybridized carbons (Fsp3) is 0.524. The Hall–Kier alpha value is -2.41. The smallest absolute Gasteiger partial charge is 0.308 e. The summed E-state index contributed by atoms with van der Waals surface area (Å²) in [4.78, 5) is 50.4. The molecule has 0 aromatic heterocycles. The summed E-state index contributed by atoms with van der Waals surface area (Å²) in [6.45, 7) is 1.39. The molecule has 4 atom stereocenters. The highest BCUT2D eigenvalue weighted by Crippen LogP contribution is 2.56. The van der Waals surface area contributed by atoms with Crippen LogP contribution in [0.4, 0.5) is 5.69 Å². The molecule has 2 aliphatic carbocycles. The first kappa shape index (κ1) is 19.9. The lowest BCUT2D eigenvalue weighted by Crippen LogP contribution is -2.35. The topological polar surface area (TPSA) is 92.8 Å². The minimum absolute atomic E-state index is 0.0119. The number of esters is 1. The van der Waals surface area contributed by atoms with Crippen LogP contribution < -0.4 is 5.32 Å². The van der Waals surface area contributed by atoms with Gasteiger partial charge in [0.1, 0.15) is 0 Å².